The Labute approximate surface area is 153 Å². The zero-order valence-electron chi connectivity index (χ0n) is 14.5. The number of carbonyl (C=O) groups excluding carboxylic acids is 1. The fraction of sp³-hybridized carbons (Fsp3) is 0.368. The molecule has 1 aliphatic rings. The van der Waals surface area contributed by atoms with Gasteiger partial charge in [-0.15, -0.1) is 0 Å². The summed E-state index contributed by atoms with van der Waals surface area (Å²) in [6, 6.07) is 11.3. The molecule has 0 N–H and O–H groups in total. The van der Waals surface area contributed by atoms with E-state index in [-0.39, 0.29) is 11.5 Å². The van der Waals surface area contributed by atoms with Crippen LogP contribution >= 0.6 is 0 Å². The molecule has 1 atom stereocenters. The van der Waals surface area contributed by atoms with Crippen molar-refractivity contribution >= 4 is 16.0 Å². The molecule has 1 fully saturated rings. The average Bonchev–Trinajstić information content (AvgIpc) is 3.17. The van der Waals surface area contributed by atoms with E-state index in [1.54, 1.807) is 42.7 Å². The van der Waals surface area contributed by atoms with Crippen LogP contribution in [0.1, 0.15) is 24.8 Å². The van der Waals surface area contributed by atoms with Gasteiger partial charge >= 0.3 is 5.97 Å². The lowest BCUT2D eigenvalue weighted by atomic mass is 10.2. The Hall–Kier alpha value is -2.25. The minimum Gasteiger partial charge on any atom is -0.464 e. The van der Waals surface area contributed by atoms with Crippen molar-refractivity contribution in [3.63, 3.8) is 0 Å². The molecule has 2 heterocycles. The molecule has 0 aliphatic carbocycles. The van der Waals surface area contributed by atoms with Crippen LogP contribution in [-0.2, 0) is 26.0 Å². The third-order valence-electron chi connectivity index (χ3n) is 4.40. The second-order valence-corrected chi connectivity index (χ2v) is 8.11. The molecule has 1 unspecified atom stereocenters. The number of benzene rings is 1. The molecule has 0 radical (unpaired) electrons. The fourth-order valence-corrected chi connectivity index (χ4v) is 4.75. The summed E-state index contributed by atoms with van der Waals surface area (Å²) >= 11 is 0. The number of hydrogen-bond donors (Lipinski definition) is 0. The second kappa shape index (κ2) is 8.42. The summed E-state index contributed by atoms with van der Waals surface area (Å²) in [5.41, 5.74) is 1.08. The Balaban J connectivity index is 1.56. The standard InChI is InChI=1S/C19H22N2O4S/c22-19(25-14-6-8-16-7-4-12-20-15-16)18-11-5-13-21(18)26(23,24)17-9-2-1-3-10-17/h1-4,7,9-10,12,15,18H,5-6,8,11,13-14H2. The highest BCUT2D eigenvalue weighted by molar-refractivity contribution is 7.89. The number of hydrogen-bond acceptors (Lipinski definition) is 5. The van der Waals surface area contributed by atoms with Crippen LogP contribution in [0.5, 0.6) is 0 Å². The zero-order valence-corrected chi connectivity index (χ0v) is 15.3. The van der Waals surface area contributed by atoms with Crippen molar-refractivity contribution in [3.8, 4) is 0 Å². The summed E-state index contributed by atoms with van der Waals surface area (Å²) in [7, 11) is -3.68. The molecule has 3 rings (SSSR count). The molecule has 1 aliphatic heterocycles. The van der Waals surface area contributed by atoms with E-state index in [2.05, 4.69) is 4.98 Å². The van der Waals surface area contributed by atoms with Crippen LogP contribution in [0.15, 0.2) is 59.8 Å². The molecule has 1 aromatic carbocycles. The molecular formula is C19H22N2O4S. The Morgan fingerprint density at radius 1 is 1.19 bits per heavy atom. The Morgan fingerprint density at radius 2 is 2.00 bits per heavy atom. The van der Waals surface area contributed by atoms with Gasteiger partial charge in [-0.25, -0.2) is 8.42 Å². The van der Waals surface area contributed by atoms with E-state index >= 15 is 0 Å². The van der Waals surface area contributed by atoms with Crippen molar-refractivity contribution in [3.05, 3.63) is 60.4 Å². The molecule has 1 aromatic heterocycles. The number of aryl methyl sites for hydroxylation is 1. The number of esters is 1. The molecule has 0 saturated carbocycles. The highest BCUT2D eigenvalue weighted by atomic mass is 32.2. The van der Waals surface area contributed by atoms with Gasteiger partial charge in [0.1, 0.15) is 6.04 Å². The van der Waals surface area contributed by atoms with Crippen LogP contribution in [-0.4, -0.2) is 42.9 Å². The van der Waals surface area contributed by atoms with Crippen molar-refractivity contribution in [1.29, 1.82) is 0 Å². The van der Waals surface area contributed by atoms with E-state index < -0.39 is 22.0 Å². The number of aromatic nitrogens is 1. The van der Waals surface area contributed by atoms with Gasteiger partial charge in [0, 0.05) is 18.9 Å². The minimum absolute atomic E-state index is 0.205. The van der Waals surface area contributed by atoms with Crippen LogP contribution < -0.4 is 0 Å². The molecule has 26 heavy (non-hydrogen) atoms. The lowest BCUT2D eigenvalue weighted by Crippen LogP contribution is -2.41. The van der Waals surface area contributed by atoms with Crippen molar-refractivity contribution in [2.45, 2.75) is 36.6 Å². The summed E-state index contributed by atoms with van der Waals surface area (Å²) < 4.78 is 32.2. The van der Waals surface area contributed by atoms with Gasteiger partial charge in [-0.3, -0.25) is 9.78 Å². The van der Waals surface area contributed by atoms with Gasteiger partial charge in [0.25, 0.3) is 0 Å². The smallest absolute Gasteiger partial charge is 0.324 e. The average molecular weight is 374 g/mol. The normalized spacial score (nSPS) is 17.9. The quantitative estimate of drug-likeness (QED) is 0.549. The Kier molecular flexibility index (Phi) is 6.00. The van der Waals surface area contributed by atoms with E-state index in [0.717, 1.165) is 12.0 Å². The second-order valence-electron chi connectivity index (χ2n) is 6.22. The Morgan fingerprint density at radius 3 is 2.73 bits per heavy atom. The third kappa shape index (κ3) is 4.28. The van der Waals surface area contributed by atoms with Crippen molar-refractivity contribution < 1.29 is 17.9 Å². The van der Waals surface area contributed by atoms with Gasteiger partial charge in [0.2, 0.25) is 10.0 Å². The van der Waals surface area contributed by atoms with E-state index in [9.17, 15) is 13.2 Å². The molecule has 6 nitrogen and oxygen atoms in total. The van der Waals surface area contributed by atoms with Crippen molar-refractivity contribution in [2.75, 3.05) is 13.2 Å². The maximum absolute atomic E-state index is 12.8. The van der Waals surface area contributed by atoms with Crippen molar-refractivity contribution in [2.24, 2.45) is 0 Å². The molecule has 1 saturated heterocycles. The van der Waals surface area contributed by atoms with Crippen LogP contribution in [0.4, 0.5) is 0 Å². The number of rotatable bonds is 7. The number of ether oxygens (including phenoxy) is 1. The zero-order chi connectivity index (χ0) is 18.4. The predicted molar refractivity (Wildman–Crippen MR) is 96.9 cm³/mol. The van der Waals surface area contributed by atoms with Gasteiger partial charge in [-0.2, -0.15) is 4.31 Å². The van der Waals surface area contributed by atoms with E-state index in [0.29, 0.717) is 25.8 Å². The SMILES string of the molecule is O=C(OCCCc1cccnc1)C1CCCN1S(=O)(=O)c1ccccc1. The van der Waals surface area contributed by atoms with E-state index in [4.69, 9.17) is 4.74 Å². The summed E-state index contributed by atoms with van der Waals surface area (Å²) in [5.74, 6) is -0.465. The first kappa shape index (κ1) is 18.5. The van der Waals surface area contributed by atoms with Crippen LogP contribution in [0.3, 0.4) is 0 Å². The molecule has 0 amide bonds. The highest BCUT2D eigenvalue weighted by Gasteiger charge is 2.40. The van der Waals surface area contributed by atoms with Gasteiger partial charge < -0.3 is 4.74 Å². The van der Waals surface area contributed by atoms with Crippen molar-refractivity contribution in [1.82, 2.24) is 9.29 Å². The topological polar surface area (TPSA) is 76.6 Å². The molecular weight excluding hydrogens is 352 g/mol. The fourth-order valence-electron chi connectivity index (χ4n) is 3.08. The Bertz CT molecular complexity index is 825. The lowest BCUT2D eigenvalue weighted by molar-refractivity contribution is -0.147. The first-order valence-electron chi connectivity index (χ1n) is 8.71. The summed E-state index contributed by atoms with van der Waals surface area (Å²) in [4.78, 5) is 16.7. The van der Waals surface area contributed by atoms with E-state index in [1.165, 1.54) is 4.31 Å². The van der Waals surface area contributed by atoms with Gasteiger partial charge in [0.05, 0.1) is 11.5 Å². The maximum Gasteiger partial charge on any atom is 0.324 e. The van der Waals surface area contributed by atoms with Gasteiger partial charge in [-0.05, 0) is 49.4 Å². The first-order chi connectivity index (χ1) is 12.6. The molecule has 0 spiro atoms. The molecule has 2 aromatic rings. The number of nitrogens with zero attached hydrogens (tertiary/aromatic N) is 2. The molecule has 7 heteroatoms. The van der Waals surface area contributed by atoms with Gasteiger partial charge in [0.15, 0.2) is 0 Å². The van der Waals surface area contributed by atoms with Gasteiger partial charge in [-0.1, -0.05) is 24.3 Å². The highest BCUT2D eigenvalue weighted by Crippen LogP contribution is 2.26. The first-order valence-corrected chi connectivity index (χ1v) is 10.2. The largest absolute Gasteiger partial charge is 0.464 e. The maximum atomic E-state index is 12.8. The van der Waals surface area contributed by atoms with Crippen LogP contribution in [0.2, 0.25) is 0 Å². The minimum atomic E-state index is -3.68. The monoisotopic (exact) mass is 374 g/mol. The molecule has 138 valence electrons. The third-order valence-corrected chi connectivity index (χ3v) is 6.32. The van der Waals surface area contributed by atoms with Crippen LogP contribution in [0, 0.1) is 0 Å². The van der Waals surface area contributed by atoms with E-state index in [1.807, 2.05) is 12.1 Å². The number of carbonyl (C=O) groups is 1. The number of sulfonamides is 1. The summed E-state index contributed by atoms with van der Waals surface area (Å²) in [5, 5.41) is 0. The van der Waals surface area contributed by atoms with Crippen LogP contribution in [0.25, 0.3) is 0 Å². The molecule has 0 bridgehead atoms. The summed E-state index contributed by atoms with van der Waals surface area (Å²) in [6.45, 7) is 0.607. The number of pyridine rings is 1. The predicted octanol–water partition coefficient (Wildman–Crippen LogP) is 2.41. The summed E-state index contributed by atoms with van der Waals surface area (Å²) in [6.07, 6.45) is 6.08. The lowest BCUT2D eigenvalue weighted by Gasteiger charge is -2.22.